The molecule has 0 saturated carbocycles. The maximum Gasteiger partial charge on any atom is 0.231 e. The molecule has 0 aromatic heterocycles. The van der Waals surface area contributed by atoms with E-state index >= 15 is 0 Å². The fraction of sp³-hybridized carbons (Fsp3) is 0.174. The van der Waals surface area contributed by atoms with Crippen molar-refractivity contribution >= 4 is 44.8 Å². The summed E-state index contributed by atoms with van der Waals surface area (Å²) in [6, 6.07) is 17.5. The molecule has 3 aliphatic heterocycles. The highest BCUT2D eigenvalue weighted by Gasteiger charge is 2.42. The third kappa shape index (κ3) is 3.25. The largest absolute Gasteiger partial charge is 0.463 e. The lowest BCUT2D eigenvalue weighted by Gasteiger charge is -2.38. The van der Waals surface area contributed by atoms with Crippen LogP contribution in [0.3, 0.4) is 0 Å². The predicted molar refractivity (Wildman–Crippen MR) is 122 cm³/mol. The maximum absolute atomic E-state index is 6.54. The fourth-order valence-corrected chi connectivity index (χ4v) is 5.04. The number of ether oxygens (including phenoxy) is 3. The van der Waals surface area contributed by atoms with Crippen molar-refractivity contribution in [2.24, 2.45) is 5.10 Å². The zero-order valence-corrected chi connectivity index (χ0v) is 19.1. The van der Waals surface area contributed by atoms with Gasteiger partial charge in [0.2, 0.25) is 13.0 Å². The van der Waals surface area contributed by atoms with Crippen molar-refractivity contribution in [1.29, 1.82) is 0 Å². The quantitative estimate of drug-likeness (QED) is 0.378. The number of rotatable bonds is 2. The van der Waals surface area contributed by atoms with E-state index in [9.17, 15) is 0 Å². The molecule has 0 saturated heterocycles. The first-order valence-corrected chi connectivity index (χ1v) is 11.3. The van der Waals surface area contributed by atoms with Gasteiger partial charge in [0, 0.05) is 27.0 Å². The molecule has 0 unspecified atom stereocenters. The van der Waals surface area contributed by atoms with Crippen LogP contribution in [0.1, 0.15) is 35.4 Å². The van der Waals surface area contributed by atoms with Crippen molar-refractivity contribution in [1.82, 2.24) is 5.01 Å². The third-order valence-corrected chi connectivity index (χ3v) is 6.69. The summed E-state index contributed by atoms with van der Waals surface area (Å²) >= 11 is 16.4. The molecule has 31 heavy (non-hydrogen) atoms. The second kappa shape index (κ2) is 7.33. The smallest absolute Gasteiger partial charge is 0.231 e. The van der Waals surface area contributed by atoms with Crippen LogP contribution in [0.2, 0.25) is 10.0 Å². The van der Waals surface area contributed by atoms with Crippen molar-refractivity contribution in [2.75, 3.05) is 6.79 Å². The van der Waals surface area contributed by atoms with Crippen LogP contribution in [-0.2, 0) is 0 Å². The number of benzene rings is 3. The number of nitrogens with zero attached hydrogens (tertiary/aromatic N) is 2. The summed E-state index contributed by atoms with van der Waals surface area (Å²) in [6.07, 6.45) is 0.258. The molecule has 3 aromatic rings. The van der Waals surface area contributed by atoms with Crippen molar-refractivity contribution in [3.63, 3.8) is 0 Å². The highest BCUT2D eigenvalue weighted by Crippen LogP contribution is 2.51. The Labute approximate surface area is 197 Å². The van der Waals surface area contributed by atoms with E-state index in [2.05, 4.69) is 28.1 Å². The predicted octanol–water partition coefficient (Wildman–Crippen LogP) is 6.73. The molecular formula is C23H15BrCl2N2O3. The summed E-state index contributed by atoms with van der Waals surface area (Å²) in [4.78, 5) is 0. The van der Waals surface area contributed by atoms with Crippen molar-refractivity contribution in [3.05, 3.63) is 85.8 Å². The van der Waals surface area contributed by atoms with Gasteiger partial charge in [-0.3, -0.25) is 0 Å². The van der Waals surface area contributed by atoms with Gasteiger partial charge < -0.3 is 14.2 Å². The van der Waals surface area contributed by atoms with Crippen molar-refractivity contribution < 1.29 is 14.2 Å². The van der Waals surface area contributed by atoms with Crippen LogP contribution < -0.4 is 14.2 Å². The molecule has 0 N–H and O–H groups in total. The average molecular weight is 518 g/mol. The summed E-state index contributed by atoms with van der Waals surface area (Å²) in [5, 5.41) is 8.03. The van der Waals surface area contributed by atoms with Crippen molar-refractivity contribution in [2.45, 2.75) is 18.7 Å². The molecule has 156 valence electrons. The van der Waals surface area contributed by atoms with Crippen LogP contribution >= 0.6 is 39.1 Å². The Morgan fingerprint density at radius 3 is 2.61 bits per heavy atom. The first kappa shape index (κ1) is 19.3. The molecule has 2 atom stereocenters. The molecule has 0 spiro atoms. The first-order chi connectivity index (χ1) is 15.1. The lowest BCUT2D eigenvalue weighted by molar-refractivity contribution is -0.0190. The van der Waals surface area contributed by atoms with Crippen LogP contribution in [0, 0.1) is 0 Å². The standard InChI is InChI=1S/C23H15BrCl2N2O3/c24-14-4-1-12(2-5-14)18-10-19-16-8-15(25)9-17(26)22(16)31-23(28(19)27-18)13-3-6-20-21(7-13)30-11-29-20/h1-9,19,23H,10-11H2/t19-,23-/m1/s1. The van der Waals surface area contributed by atoms with Gasteiger partial charge in [-0.05, 0) is 48.0 Å². The molecule has 6 rings (SSSR count). The SMILES string of the molecule is Clc1cc(Cl)c2c(c1)[C@H]1CC(c3ccc(Br)cc3)=NN1[C@@H](c1ccc3c(c1)OCO3)O2. The zero-order valence-electron chi connectivity index (χ0n) is 16.0. The van der Waals surface area contributed by atoms with Gasteiger partial charge in [0.1, 0.15) is 5.75 Å². The molecule has 0 bridgehead atoms. The molecule has 0 radical (unpaired) electrons. The highest BCUT2D eigenvalue weighted by molar-refractivity contribution is 9.10. The second-order valence-electron chi connectivity index (χ2n) is 7.54. The Morgan fingerprint density at radius 2 is 1.77 bits per heavy atom. The van der Waals surface area contributed by atoms with E-state index in [4.69, 9.17) is 42.5 Å². The highest BCUT2D eigenvalue weighted by atomic mass is 79.9. The normalized spacial score (nSPS) is 20.7. The van der Waals surface area contributed by atoms with E-state index in [1.165, 1.54) is 0 Å². The van der Waals surface area contributed by atoms with E-state index in [0.29, 0.717) is 21.5 Å². The molecule has 0 aliphatic carbocycles. The number of fused-ring (bicyclic) bond motifs is 4. The van der Waals surface area contributed by atoms with Crippen LogP contribution in [0.15, 0.2) is 64.2 Å². The summed E-state index contributed by atoms with van der Waals surface area (Å²) in [6.45, 7) is 0.218. The van der Waals surface area contributed by atoms with Crippen LogP contribution in [-0.4, -0.2) is 17.5 Å². The summed E-state index contributed by atoms with van der Waals surface area (Å²) < 4.78 is 18.5. The molecule has 5 nitrogen and oxygen atoms in total. The van der Waals surface area contributed by atoms with Crippen LogP contribution in [0.25, 0.3) is 0 Å². The Kier molecular flexibility index (Phi) is 4.56. The molecule has 8 heteroatoms. The van der Waals surface area contributed by atoms with Crippen LogP contribution in [0.4, 0.5) is 0 Å². The van der Waals surface area contributed by atoms with Gasteiger partial charge in [-0.2, -0.15) is 5.10 Å². The number of hydrogen-bond acceptors (Lipinski definition) is 5. The Hall–Kier alpha value is -2.41. The number of halogens is 3. The topological polar surface area (TPSA) is 43.3 Å². The molecule has 3 aliphatic rings. The van der Waals surface area contributed by atoms with E-state index < -0.39 is 6.23 Å². The molecule has 3 heterocycles. The Bertz CT molecular complexity index is 1230. The molecule has 0 fully saturated rings. The molecule has 3 aromatic carbocycles. The first-order valence-electron chi connectivity index (χ1n) is 9.74. The fourth-order valence-electron chi connectivity index (χ4n) is 4.22. The second-order valence-corrected chi connectivity index (χ2v) is 9.30. The summed E-state index contributed by atoms with van der Waals surface area (Å²) in [5.41, 5.74) is 3.89. The van der Waals surface area contributed by atoms with Crippen molar-refractivity contribution in [3.8, 4) is 17.2 Å². The molecular weight excluding hydrogens is 503 g/mol. The van der Waals surface area contributed by atoms with Crippen LogP contribution in [0.5, 0.6) is 17.2 Å². The van der Waals surface area contributed by atoms with Gasteiger partial charge in [-0.15, -0.1) is 0 Å². The van der Waals surface area contributed by atoms with E-state index in [0.717, 1.165) is 39.0 Å². The Morgan fingerprint density at radius 1 is 0.968 bits per heavy atom. The van der Waals surface area contributed by atoms with E-state index in [-0.39, 0.29) is 12.8 Å². The Balaban J connectivity index is 1.47. The monoisotopic (exact) mass is 516 g/mol. The van der Waals surface area contributed by atoms with Gasteiger partial charge in [-0.25, -0.2) is 5.01 Å². The lowest BCUT2D eigenvalue weighted by Crippen LogP contribution is -2.33. The van der Waals surface area contributed by atoms with E-state index in [1.807, 2.05) is 41.4 Å². The van der Waals surface area contributed by atoms with E-state index in [1.54, 1.807) is 6.07 Å². The average Bonchev–Trinajstić information content (AvgIpc) is 3.41. The minimum Gasteiger partial charge on any atom is -0.463 e. The molecule has 0 amide bonds. The summed E-state index contributed by atoms with van der Waals surface area (Å²) in [5.74, 6) is 2.06. The zero-order chi connectivity index (χ0) is 21.1. The van der Waals surface area contributed by atoms with Gasteiger partial charge in [0.25, 0.3) is 0 Å². The minimum atomic E-state index is -0.460. The third-order valence-electron chi connectivity index (χ3n) is 5.67. The maximum atomic E-state index is 6.54. The van der Waals surface area contributed by atoms with Gasteiger partial charge in [0.15, 0.2) is 11.5 Å². The minimum absolute atomic E-state index is 0.0472. The van der Waals surface area contributed by atoms with Gasteiger partial charge in [0.05, 0.1) is 16.8 Å². The lowest BCUT2D eigenvalue weighted by atomic mass is 9.96. The number of hydrogen-bond donors (Lipinski definition) is 0. The van der Waals surface area contributed by atoms with Gasteiger partial charge >= 0.3 is 0 Å². The summed E-state index contributed by atoms with van der Waals surface area (Å²) in [7, 11) is 0. The van der Waals surface area contributed by atoms with Gasteiger partial charge in [-0.1, -0.05) is 51.3 Å². The number of hydrazone groups is 1.